The fourth-order valence-corrected chi connectivity index (χ4v) is 2.37. The molecule has 3 rings (SSSR count). The zero-order chi connectivity index (χ0) is 11.7. The third-order valence-corrected chi connectivity index (χ3v) is 3.26. The first-order valence-electron chi connectivity index (χ1n) is 5.07. The van der Waals surface area contributed by atoms with Gasteiger partial charge in [-0.2, -0.15) is 5.10 Å². The van der Waals surface area contributed by atoms with E-state index in [4.69, 9.17) is 4.74 Å². The number of aromatic nitrogens is 3. The zero-order valence-corrected chi connectivity index (χ0v) is 9.91. The quantitative estimate of drug-likeness (QED) is 0.746. The number of fused-ring (bicyclic) bond motifs is 1. The number of nitrogens with zero attached hydrogens (tertiary/aromatic N) is 2. The number of H-pyrrole nitrogens is 1. The van der Waals surface area contributed by atoms with Gasteiger partial charge in [0.05, 0.1) is 23.7 Å². The number of hydrogen-bond acceptors (Lipinski definition) is 5. The molecule has 2 N–H and O–H groups in total. The number of para-hydroxylation sites is 2. The smallest absolute Gasteiger partial charge is 0.189 e. The molecule has 2 heterocycles. The molecule has 0 aliphatic carbocycles. The Balaban J connectivity index is 1.94. The number of benzene rings is 1. The average Bonchev–Trinajstić information content (AvgIpc) is 2.90. The van der Waals surface area contributed by atoms with Gasteiger partial charge in [0.25, 0.3) is 0 Å². The highest BCUT2D eigenvalue weighted by molar-refractivity contribution is 7.22. The molecule has 0 spiro atoms. The van der Waals surface area contributed by atoms with Crippen molar-refractivity contribution in [1.29, 1.82) is 0 Å². The highest BCUT2D eigenvalue weighted by Gasteiger charge is 2.07. The summed E-state index contributed by atoms with van der Waals surface area (Å²) in [4.78, 5) is 4.38. The molecule has 5 nitrogen and oxygen atoms in total. The largest absolute Gasteiger partial charge is 0.495 e. The maximum atomic E-state index is 5.27. The number of anilines is 2. The lowest BCUT2D eigenvalue weighted by Crippen LogP contribution is -1.93. The van der Waals surface area contributed by atoms with Crippen LogP contribution in [0.5, 0.6) is 5.75 Å². The van der Waals surface area contributed by atoms with E-state index in [2.05, 4.69) is 20.5 Å². The number of aromatic amines is 1. The molecule has 0 aliphatic rings. The second-order valence-electron chi connectivity index (χ2n) is 3.43. The molecule has 1 aromatic carbocycles. The SMILES string of the molecule is COc1ccccc1Nc1nc2[nH]ncc2s1. The lowest BCUT2D eigenvalue weighted by atomic mass is 10.3. The number of thiazole rings is 1. The van der Waals surface area contributed by atoms with E-state index < -0.39 is 0 Å². The van der Waals surface area contributed by atoms with E-state index in [-0.39, 0.29) is 0 Å². The summed E-state index contributed by atoms with van der Waals surface area (Å²) in [7, 11) is 1.65. The van der Waals surface area contributed by atoms with Crippen molar-refractivity contribution in [2.24, 2.45) is 0 Å². The Morgan fingerprint density at radius 1 is 1.35 bits per heavy atom. The van der Waals surface area contributed by atoms with Crippen molar-refractivity contribution in [3.63, 3.8) is 0 Å². The van der Waals surface area contributed by atoms with E-state index in [9.17, 15) is 0 Å². The van der Waals surface area contributed by atoms with E-state index in [0.717, 1.165) is 26.9 Å². The van der Waals surface area contributed by atoms with Gasteiger partial charge in [-0.3, -0.25) is 5.10 Å². The van der Waals surface area contributed by atoms with Gasteiger partial charge in [0.15, 0.2) is 10.8 Å². The summed E-state index contributed by atoms with van der Waals surface area (Å²) in [5, 5.41) is 10.8. The molecule has 0 bridgehead atoms. The Labute approximate surface area is 101 Å². The number of methoxy groups -OCH3 is 1. The minimum atomic E-state index is 0.796. The molecular formula is C11H10N4OS. The van der Waals surface area contributed by atoms with Crippen molar-refractivity contribution >= 4 is 32.5 Å². The topological polar surface area (TPSA) is 62.8 Å². The van der Waals surface area contributed by atoms with Crippen LogP contribution in [0.4, 0.5) is 10.8 Å². The number of rotatable bonds is 3. The van der Waals surface area contributed by atoms with Gasteiger partial charge in [-0.1, -0.05) is 23.5 Å². The Morgan fingerprint density at radius 2 is 2.24 bits per heavy atom. The van der Waals surface area contributed by atoms with E-state index >= 15 is 0 Å². The molecule has 3 aromatic rings. The molecule has 0 saturated heterocycles. The fourth-order valence-electron chi connectivity index (χ4n) is 1.57. The highest BCUT2D eigenvalue weighted by atomic mass is 32.1. The summed E-state index contributed by atoms with van der Waals surface area (Å²) < 4.78 is 6.30. The maximum absolute atomic E-state index is 5.27. The van der Waals surface area contributed by atoms with Crippen molar-refractivity contribution in [3.8, 4) is 5.75 Å². The van der Waals surface area contributed by atoms with Gasteiger partial charge >= 0.3 is 0 Å². The predicted molar refractivity (Wildman–Crippen MR) is 68.0 cm³/mol. The molecule has 0 saturated carbocycles. The molecular weight excluding hydrogens is 236 g/mol. The van der Waals surface area contributed by atoms with Crippen LogP contribution in [-0.4, -0.2) is 22.3 Å². The summed E-state index contributed by atoms with van der Waals surface area (Å²) in [6.45, 7) is 0. The van der Waals surface area contributed by atoms with Crippen LogP contribution in [0.2, 0.25) is 0 Å². The zero-order valence-electron chi connectivity index (χ0n) is 9.10. The molecule has 0 atom stereocenters. The minimum absolute atomic E-state index is 0.796. The van der Waals surface area contributed by atoms with Crippen LogP contribution in [-0.2, 0) is 0 Å². The molecule has 6 heteroatoms. The summed E-state index contributed by atoms with van der Waals surface area (Å²) in [5.74, 6) is 0.796. The third-order valence-electron chi connectivity index (χ3n) is 2.35. The van der Waals surface area contributed by atoms with E-state index in [1.807, 2.05) is 24.3 Å². The molecule has 17 heavy (non-hydrogen) atoms. The van der Waals surface area contributed by atoms with Gasteiger partial charge in [0, 0.05) is 0 Å². The molecule has 0 amide bonds. The lowest BCUT2D eigenvalue weighted by molar-refractivity contribution is 0.417. The van der Waals surface area contributed by atoms with Crippen molar-refractivity contribution in [1.82, 2.24) is 15.2 Å². The first-order chi connectivity index (χ1) is 8.36. The second-order valence-corrected chi connectivity index (χ2v) is 4.46. The van der Waals surface area contributed by atoms with Crippen LogP contribution < -0.4 is 10.1 Å². The predicted octanol–water partition coefficient (Wildman–Crippen LogP) is 2.77. The molecule has 0 unspecified atom stereocenters. The van der Waals surface area contributed by atoms with Crippen molar-refractivity contribution in [2.75, 3.05) is 12.4 Å². The number of hydrogen-bond donors (Lipinski definition) is 2. The second kappa shape index (κ2) is 4.06. The summed E-state index contributed by atoms with van der Waals surface area (Å²) in [6.07, 6.45) is 1.76. The van der Waals surface area contributed by atoms with Crippen LogP contribution in [0, 0.1) is 0 Å². The van der Waals surface area contributed by atoms with Gasteiger partial charge in [-0.25, -0.2) is 4.98 Å². The first-order valence-corrected chi connectivity index (χ1v) is 5.88. The summed E-state index contributed by atoms with van der Waals surface area (Å²) >= 11 is 1.55. The molecule has 0 fully saturated rings. The first kappa shape index (κ1) is 10.1. The Bertz CT molecular complexity index is 617. The van der Waals surface area contributed by atoms with Crippen LogP contribution in [0.15, 0.2) is 30.5 Å². The van der Waals surface area contributed by atoms with Crippen molar-refractivity contribution in [3.05, 3.63) is 30.5 Å². The maximum Gasteiger partial charge on any atom is 0.189 e. The van der Waals surface area contributed by atoms with E-state index in [1.165, 1.54) is 0 Å². The van der Waals surface area contributed by atoms with E-state index in [1.54, 1.807) is 24.6 Å². The molecule has 0 aliphatic heterocycles. The van der Waals surface area contributed by atoms with Gasteiger partial charge < -0.3 is 10.1 Å². The van der Waals surface area contributed by atoms with Crippen molar-refractivity contribution < 1.29 is 4.74 Å². The third kappa shape index (κ3) is 1.83. The monoisotopic (exact) mass is 246 g/mol. The van der Waals surface area contributed by atoms with Crippen LogP contribution in [0.3, 0.4) is 0 Å². The van der Waals surface area contributed by atoms with Crippen LogP contribution in [0.25, 0.3) is 10.3 Å². The Hall–Kier alpha value is -2.08. The van der Waals surface area contributed by atoms with Gasteiger partial charge in [0.2, 0.25) is 0 Å². The summed E-state index contributed by atoms with van der Waals surface area (Å²) in [6, 6.07) is 7.74. The number of ether oxygens (including phenoxy) is 1. The molecule has 2 aromatic heterocycles. The van der Waals surface area contributed by atoms with Crippen LogP contribution in [0.1, 0.15) is 0 Å². The van der Waals surface area contributed by atoms with E-state index in [0.29, 0.717) is 0 Å². The van der Waals surface area contributed by atoms with Gasteiger partial charge in [-0.15, -0.1) is 0 Å². The fraction of sp³-hybridized carbons (Fsp3) is 0.0909. The molecule has 0 radical (unpaired) electrons. The lowest BCUT2D eigenvalue weighted by Gasteiger charge is -2.07. The standard InChI is InChI=1S/C11H10N4OS/c1-16-8-5-3-2-4-7(8)13-11-14-10-9(17-11)6-12-15-10/h2-6H,1H3,(H2,12,13,14,15). The normalized spacial score (nSPS) is 10.6. The Kier molecular flexibility index (Phi) is 2.41. The Morgan fingerprint density at radius 3 is 3.06 bits per heavy atom. The highest BCUT2D eigenvalue weighted by Crippen LogP contribution is 2.31. The average molecular weight is 246 g/mol. The summed E-state index contributed by atoms with van der Waals surface area (Å²) in [5.41, 5.74) is 1.70. The number of nitrogens with one attached hydrogen (secondary N) is 2. The van der Waals surface area contributed by atoms with Crippen LogP contribution >= 0.6 is 11.3 Å². The minimum Gasteiger partial charge on any atom is -0.495 e. The molecule has 86 valence electrons. The van der Waals surface area contributed by atoms with Crippen molar-refractivity contribution in [2.45, 2.75) is 0 Å². The van der Waals surface area contributed by atoms with Gasteiger partial charge in [0.1, 0.15) is 5.75 Å². The van der Waals surface area contributed by atoms with Gasteiger partial charge in [-0.05, 0) is 12.1 Å².